The fourth-order valence-electron chi connectivity index (χ4n) is 2.68. The molecular formula is C17H18ClN3O3. The Labute approximate surface area is 144 Å². The normalized spacial score (nSPS) is 12.0. The number of pyridine rings is 1. The molecule has 3 rings (SSSR count). The van der Waals surface area contributed by atoms with E-state index in [1.165, 1.54) is 6.92 Å². The van der Waals surface area contributed by atoms with Crippen molar-refractivity contribution in [3.63, 3.8) is 0 Å². The molecule has 0 unspecified atom stereocenters. The second-order valence-corrected chi connectivity index (χ2v) is 6.68. The molecule has 3 aromatic rings. The summed E-state index contributed by atoms with van der Waals surface area (Å²) in [6, 6.07) is 7.59. The van der Waals surface area contributed by atoms with Gasteiger partial charge in [0.25, 0.3) is 0 Å². The summed E-state index contributed by atoms with van der Waals surface area (Å²) in [6.45, 7) is 5.04. The first kappa shape index (κ1) is 16.7. The number of para-hydroxylation sites is 1. The molecule has 0 saturated heterocycles. The van der Waals surface area contributed by atoms with Crippen molar-refractivity contribution in [3.05, 3.63) is 35.2 Å². The Morgan fingerprint density at radius 1 is 1.33 bits per heavy atom. The lowest BCUT2D eigenvalue weighted by Gasteiger charge is -2.20. The maximum atomic E-state index is 11.2. The van der Waals surface area contributed by atoms with Crippen LogP contribution in [0.1, 0.15) is 26.6 Å². The molecular weight excluding hydrogens is 330 g/mol. The Morgan fingerprint density at radius 3 is 2.71 bits per heavy atom. The summed E-state index contributed by atoms with van der Waals surface area (Å²) in [6.07, 6.45) is 0. The van der Waals surface area contributed by atoms with Gasteiger partial charge in [0.05, 0.1) is 23.2 Å². The van der Waals surface area contributed by atoms with E-state index in [1.54, 1.807) is 13.8 Å². The van der Waals surface area contributed by atoms with Gasteiger partial charge in [-0.2, -0.15) is 0 Å². The Hall–Kier alpha value is -2.18. The third-order valence-corrected chi connectivity index (χ3v) is 3.83. The second kappa shape index (κ2) is 6.03. The van der Waals surface area contributed by atoms with Gasteiger partial charge in [-0.05, 0) is 19.9 Å². The molecule has 1 N–H and O–H groups in total. The van der Waals surface area contributed by atoms with Crippen LogP contribution in [0.2, 0.25) is 5.15 Å². The van der Waals surface area contributed by atoms with Gasteiger partial charge < -0.3 is 14.4 Å². The summed E-state index contributed by atoms with van der Waals surface area (Å²) in [5.74, 6) is 0.119. The van der Waals surface area contributed by atoms with Crippen LogP contribution in [0.25, 0.3) is 21.9 Å². The maximum absolute atomic E-state index is 11.2. The number of rotatable bonds is 4. The second-order valence-electron chi connectivity index (χ2n) is 6.32. The third kappa shape index (κ3) is 3.20. The van der Waals surface area contributed by atoms with Crippen LogP contribution in [0.4, 0.5) is 0 Å². The number of aromatic nitrogens is 3. The first-order valence-electron chi connectivity index (χ1n) is 7.55. The van der Waals surface area contributed by atoms with Crippen molar-refractivity contribution in [2.75, 3.05) is 0 Å². The molecule has 0 spiro atoms. The van der Waals surface area contributed by atoms with E-state index in [4.69, 9.17) is 16.3 Å². The molecule has 0 bridgehead atoms. The number of halogens is 1. The number of esters is 1. The monoisotopic (exact) mass is 347 g/mol. The van der Waals surface area contributed by atoms with Crippen LogP contribution in [0.15, 0.2) is 24.3 Å². The predicted octanol–water partition coefficient (Wildman–Crippen LogP) is 3.07. The zero-order chi connectivity index (χ0) is 17.5. The number of carbonyl (C=O) groups excluding carboxylic acids is 1. The Morgan fingerprint density at radius 2 is 2.04 bits per heavy atom. The average Bonchev–Trinajstić information content (AvgIpc) is 2.83. The minimum Gasteiger partial charge on any atom is -0.458 e. The molecule has 0 fully saturated rings. The van der Waals surface area contributed by atoms with Gasteiger partial charge in [-0.1, -0.05) is 29.8 Å². The highest BCUT2D eigenvalue weighted by Gasteiger charge is 2.23. The van der Waals surface area contributed by atoms with Crippen molar-refractivity contribution >= 4 is 39.5 Å². The van der Waals surface area contributed by atoms with Gasteiger partial charge >= 0.3 is 5.97 Å². The number of fused-ring (bicyclic) bond motifs is 3. The average molecular weight is 348 g/mol. The fraction of sp³-hybridized carbons (Fsp3) is 0.353. The van der Waals surface area contributed by atoms with E-state index < -0.39 is 11.6 Å². The molecule has 0 aliphatic carbocycles. The summed E-state index contributed by atoms with van der Waals surface area (Å²) in [5, 5.41) is 11.4. The molecule has 0 radical (unpaired) electrons. The molecule has 0 amide bonds. The van der Waals surface area contributed by atoms with Crippen LogP contribution in [-0.4, -0.2) is 31.2 Å². The van der Waals surface area contributed by atoms with E-state index in [0.29, 0.717) is 11.3 Å². The molecule has 0 atom stereocenters. The number of carbonyl (C=O) groups is 1. The molecule has 0 aliphatic heterocycles. The van der Waals surface area contributed by atoms with Crippen LogP contribution < -0.4 is 0 Å². The SMILES string of the molecule is CC(=O)OCc1nc2c(Cl)nc3ccccc3c2n1CC(C)(C)O. The van der Waals surface area contributed by atoms with Gasteiger partial charge in [0.2, 0.25) is 0 Å². The Balaban J connectivity index is 2.30. The van der Waals surface area contributed by atoms with Gasteiger partial charge in [0.15, 0.2) is 5.15 Å². The highest BCUT2D eigenvalue weighted by atomic mass is 35.5. The summed E-state index contributed by atoms with van der Waals surface area (Å²) in [5.41, 5.74) is 1.07. The lowest BCUT2D eigenvalue weighted by Crippen LogP contribution is -2.27. The van der Waals surface area contributed by atoms with Crippen molar-refractivity contribution in [2.45, 2.75) is 39.5 Å². The number of benzene rings is 1. The van der Waals surface area contributed by atoms with Crippen LogP contribution in [-0.2, 0) is 22.7 Å². The molecule has 2 aromatic heterocycles. The molecule has 24 heavy (non-hydrogen) atoms. The zero-order valence-corrected chi connectivity index (χ0v) is 14.5. The van der Waals surface area contributed by atoms with Crippen molar-refractivity contribution in [1.82, 2.24) is 14.5 Å². The molecule has 126 valence electrons. The van der Waals surface area contributed by atoms with E-state index in [9.17, 15) is 9.90 Å². The molecule has 2 heterocycles. The number of ether oxygens (including phenoxy) is 1. The maximum Gasteiger partial charge on any atom is 0.303 e. The van der Waals surface area contributed by atoms with Crippen molar-refractivity contribution in [1.29, 1.82) is 0 Å². The van der Waals surface area contributed by atoms with E-state index in [0.717, 1.165) is 16.4 Å². The summed E-state index contributed by atoms with van der Waals surface area (Å²) < 4.78 is 6.94. The van der Waals surface area contributed by atoms with E-state index in [2.05, 4.69) is 9.97 Å². The Bertz CT molecular complexity index is 928. The quantitative estimate of drug-likeness (QED) is 0.579. The fourth-order valence-corrected chi connectivity index (χ4v) is 2.90. The van der Waals surface area contributed by atoms with Crippen LogP contribution in [0.3, 0.4) is 0 Å². The number of hydrogen-bond donors (Lipinski definition) is 1. The topological polar surface area (TPSA) is 77.2 Å². The van der Waals surface area contributed by atoms with Gasteiger partial charge in [0.1, 0.15) is 17.9 Å². The van der Waals surface area contributed by atoms with E-state index in [1.807, 2.05) is 28.8 Å². The standard InChI is InChI=1S/C17H18ClN3O3/c1-10(22)24-8-13-20-14-15(21(13)9-17(2,3)23)11-6-4-5-7-12(11)19-16(14)18/h4-7,23H,8-9H2,1-3H3. The minimum atomic E-state index is -0.977. The van der Waals surface area contributed by atoms with Gasteiger partial charge in [0, 0.05) is 12.3 Å². The lowest BCUT2D eigenvalue weighted by atomic mass is 10.1. The first-order chi connectivity index (χ1) is 11.3. The van der Waals surface area contributed by atoms with E-state index in [-0.39, 0.29) is 18.3 Å². The van der Waals surface area contributed by atoms with Gasteiger partial charge in [-0.15, -0.1) is 0 Å². The first-order valence-corrected chi connectivity index (χ1v) is 7.93. The van der Waals surface area contributed by atoms with Gasteiger partial charge in [-0.25, -0.2) is 9.97 Å². The van der Waals surface area contributed by atoms with Crippen molar-refractivity contribution in [3.8, 4) is 0 Å². The predicted molar refractivity (Wildman–Crippen MR) is 91.8 cm³/mol. The molecule has 0 saturated carbocycles. The molecule has 1 aromatic carbocycles. The van der Waals surface area contributed by atoms with Gasteiger partial charge in [-0.3, -0.25) is 4.79 Å². The summed E-state index contributed by atoms with van der Waals surface area (Å²) >= 11 is 6.30. The number of imidazole rings is 1. The number of nitrogens with zero attached hydrogens (tertiary/aromatic N) is 3. The highest BCUT2D eigenvalue weighted by molar-refractivity contribution is 6.35. The lowest BCUT2D eigenvalue weighted by molar-refractivity contribution is -0.142. The molecule has 7 heteroatoms. The Kier molecular flexibility index (Phi) is 4.19. The summed E-state index contributed by atoms with van der Waals surface area (Å²) in [4.78, 5) is 20.0. The van der Waals surface area contributed by atoms with Crippen molar-refractivity contribution < 1.29 is 14.6 Å². The van der Waals surface area contributed by atoms with Crippen molar-refractivity contribution in [2.24, 2.45) is 0 Å². The van der Waals surface area contributed by atoms with Crippen LogP contribution in [0.5, 0.6) is 0 Å². The third-order valence-electron chi connectivity index (χ3n) is 3.57. The van der Waals surface area contributed by atoms with Crippen LogP contribution >= 0.6 is 11.6 Å². The minimum absolute atomic E-state index is 0.00471. The molecule has 0 aliphatic rings. The summed E-state index contributed by atoms with van der Waals surface area (Å²) in [7, 11) is 0. The number of hydrogen-bond acceptors (Lipinski definition) is 5. The number of aliphatic hydroxyl groups is 1. The zero-order valence-electron chi connectivity index (χ0n) is 13.7. The highest BCUT2D eigenvalue weighted by Crippen LogP contribution is 2.31. The largest absolute Gasteiger partial charge is 0.458 e. The molecule has 6 nitrogen and oxygen atoms in total. The van der Waals surface area contributed by atoms with E-state index >= 15 is 0 Å². The van der Waals surface area contributed by atoms with Crippen LogP contribution in [0, 0.1) is 0 Å². The smallest absolute Gasteiger partial charge is 0.303 e.